The van der Waals surface area contributed by atoms with E-state index in [0.29, 0.717) is 55.2 Å². The second kappa shape index (κ2) is 9.24. The van der Waals surface area contributed by atoms with Crippen molar-refractivity contribution in [3.05, 3.63) is 71.1 Å². The van der Waals surface area contributed by atoms with Crippen LogP contribution in [0.3, 0.4) is 0 Å². The van der Waals surface area contributed by atoms with Crippen molar-refractivity contribution in [3.8, 4) is 0 Å². The van der Waals surface area contributed by atoms with Gasteiger partial charge in [0.05, 0.1) is 0 Å². The van der Waals surface area contributed by atoms with Gasteiger partial charge < -0.3 is 10.2 Å². The Labute approximate surface area is 189 Å². The second-order valence-corrected chi connectivity index (χ2v) is 9.80. The summed E-state index contributed by atoms with van der Waals surface area (Å²) in [6, 6.07) is 11.3. The van der Waals surface area contributed by atoms with E-state index >= 15 is 0 Å². The molecule has 3 heterocycles. The molecule has 1 aromatic carbocycles. The van der Waals surface area contributed by atoms with E-state index < -0.39 is 10.0 Å². The molecule has 2 aromatic rings. The Balaban J connectivity index is 1.44. The first kappa shape index (κ1) is 22.2. The van der Waals surface area contributed by atoms with Crippen molar-refractivity contribution < 1.29 is 13.2 Å². The van der Waals surface area contributed by atoms with Crippen molar-refractivity contribution in [1.82, 2.24) is 15.2 Å². The van der Waals surface area contributed by atoms with Crippen LogP contribution in [0.4, 0.5) is 0 Å². The fourth-order valence-electron chi connectivity index (χ4n) is 4.26. The number of aryl methyl sites for hydroxylation is 1. The van der Waals surface area contributed by atoms with E-state index in [0.717, 1.165) is 16.7 Å². The molecule has 0 atom stereocenters. The highest BCUT2D eigenvalue weighted by atomic mass is 32.2. The molecule has 0 unspecified atom stereocenters. The van der Waals surface area contributed by atoms with E-state index in [1.54, 1.807) is 12.4 Å². The molecule has 168 valence electrons. The molecule has 1 aromatic heterocycles. The zero-order valence-electron chi connectivity index (χ0n) is 18.4. The summed E-state index contributed by atoms with van der Waals surface area (Å²) in [6.45, 7) is 5.59. The number of aromatic nitrogens is 1. The lowest BCUT2D eigenvalue weighted by Crippen LogP contribution is -2.43. The number of amides is 1. The maximum Gasteiger partial charge on any atom is 0.285 e. The van der Waals surface area contributed by atoms with Crippen molar-refractivity contribution in [3.63, 3.8) is 0 Å². The zero-order chi connectivity index (χ0) is 22.7. The molecule has 1 amide bonds. The van der Waals surface area contributed by atoms with E-state index in [-0.39, 0.29) is 11.8 Å². The normalized spacial score (nSPS) is 18.6. The largest absolute Gasteiger partial charge is 0.356 e. The monoisotopic (exact) mass is 452 g/mol. The molecule has 2 aliphatic heterocycles. The smallest absolute Gasteiger partial charge is 0.285 e. The van der Waals surface area contributed by atoms with Crippen LogP contribution >= 0.6 is 0 Å². The van der Waals surface area contributed by atoms with Gasteiger partial charge in [-0.25, -0.2) is 0 Å². The molecule has 0 aliphatic carbocycles. The molecule has 0 spiro atoms. The van der Waals surface area contributed by atoms with E-state index in [9.17, 15) is 13.2 Å². The number of hydrogen-bond donors (Lipinski definition) is 1. The van der Waals surface area contributed by atoms with Crippen LogP contribution in [-0.4, -0.2) is 43.1 Å². The van der Waals surface area contributed by atoms with Crippen molar-refractivity contribution >= 4 is 26.7 Å². The topological polar surface area (TPSA) is 91.7 Å². The first-order valence-electron chi connectivity index (χ1n) is 11.0. The molecule has 1 N–H and O–H groups in total. The summed E-state index contributed by atoms with van der Waals surface area (Å²) in [5.74, 6) is 0.477. The SMILES string of the molecule is CCC1=C(c2ccc(C)cc2)S(=O)(=O)N=C1N1CCC(C(=O)NCc2cccnc2)CC1. The number of carbonyl (C=O) groups is 1. The lowest BCUT2D eigenvalue weighted by molar-refractivity contribution is -0.126. The molecule has 0 bridgehead atoms. The van der Waals surface area contributed by atoms with Crippen LogP contribution in [0.15, 0.2) is 58.8 Å². The number of nitrogens with zero attached hydrogens (tertiary/aromatic N) is 3. The minimum absolute atomic E-state index is 0.0288. The third kappa shape index (κ3) is 4.60. The first-order chi connectivity index (χ1) is 15.4. The average Bonchev–Trinajstić information content (AvgIpc) is 3.09. The fourth-order valence-corrected chi connectivity index (χ4v) is 5.78. The first-order valence-corrected chi connectivity index (χ1v) is 12.4. The number of pyridine rings is 1. The van der Waals surface area contributed by atoms with E-state index in [1.807, 2.05) is 55.1 Å². The Morgan fingerprint density at radius 2 is 1.88 bits per heavy atom. The Morgan fingerprint density at radius 1 is 1.16 bits per heavy atom. The molecule has 0 saturated carbocycles. The quantitative estimate of drug-likeness (QED) is 0.752. The van der Waals surface area contributed by atoms with Gasteiger partial charge in [0.15, 0.2) is 0 Å². The highest BCUT2D eigenvalue weighted by Crippen LogP contribution is 2.36. The number of sulfonamides is 1. The number of hydrogen-bond acceptors (Lipinski definition) is 5. The van der Waals surface area contributed by atoms with Crippen LogP contribution in [0.25, 0.3) is 4.91 Å². The molecule has 1 saturated heterocycles. The number of benzene rings is 1. The van der Waals surface area contributed by atoms with Gasteiger partial charge in [-0.2, -0.15) is 8.42 Å². The number of piperidine rings is 1. The van der Waals surface area contributed by atoms with E-state index in [2.05, 4.69) is 14.7 Å². The van der Waals surface area contributed by atoms with Gasteiger partial charge in [-0.3, -0.25) is 9.78 Å². The molecule has 1 fully saturated rings. The summed E-state index contributed by atoms with van der Waals surface area (Å²) in [6.07, 6.45) is 5.35. The number of nitrogens with one attached hydrogen (secondary N) is 1. The Kier molecular flexibility index (Phi) is 6.41. The van der Waals surface area contributed by atoms with Crippen molar-refractivity contribution in [1.29, 1.82) is 0 Å². The summed E-state index contributed by atoms with van der Waals surface area (Å²) in [5.41, 5.74) is 3.47. The van der Waals surface area contributed by atoms with Crippen molar-refractivity contribution in [2.45, 2.75) is 39.7 Å². The summed E-state index contributed by atoms with van der Waals surface area (Å²) in [5, 5.41) is 2.99. The standard InChI is InChI=1S/C24H28N4O3S/c1-3-21-22(19-8-6-17(2)7-9-19)32(30,31)27-23(21)28-13-10-20(11-14-28)24(29)26-16-18-5-4-12-25-15-18/h4-9,12,15,20H,3,10-11,13-14,16H2,1-2H3,(H,26,29). The van der Waals surface area contributed by atoms with Gasteiger partial charge in [0.2, 0.25) is 5.91 Å². The van der Waals surface area contributed by atoms with Gasteiger partial charge >= 0.3 is 0 Å². The average molecular weight is 453 g/mol. The third-order valence-electron chi connectivity index (χ3n) is 6.03. The highest BCUT2D eigenvalue weighted by Gasteiger charge is 2.36. The lowest BCUT2D eigenvalue weighted by Gasteiger charge is -2.33. The van der Waals surface area contributed by atoms with Gasteiger partial charge in [-0.1, -0.05) is 42.8 Å². The Bertz CT molecular complexity index is 1150. The number of amidine groups is 1. The molecular weight excluding hydrogens is 424 g/mol. The van der Waals surface area contributed by atoms with E-state index in [1.165, 1.54) is 0 Å². The maximum atomic E-state index is 12.9. The summed E-state index contributed by atoms with van der Waals surface area (Å²) in [4.78, 5) is 19.0. The predicted octanol–water partition coefficient (Wildman–Crippen LogP) is 3.28. The molecule has 32 heavy (non-hydrogen) atoms. The Morgan fingerprint density at radius 3 is 2.50 bits per heavy atom. The van der Waals surface area contributed by atoms with Crippen LogP contribution in [0.1, 0.15) is 42.9 Å². The van der Waals surface area contributed by atoms with E-state index in [4.69, 9.17) is 0 Å². The lowest BCUT2D eigenvalue weighted by atomic mass is 9.94. The molecule has 4 rings (SSSR count). The number of carbonyl (C=O) groups excluding carboxylic acids is 1. The van der Waals surface area contributed by atoms with Gasteiger partial charge in [0, 0.05) is 43.5 Å². The molecule has 7 nitrogen and oxygen atoms in total. The fraction of sp³-hybridized carbons (Fsp3) is 0.375. The van der Waals surface area contributed by atoms with Gasteiger partial charge in [-0.15, -0.1) is 4.40 Å². The summed E-state index contributed by atoms with van der Waals surface area (Å²) in [7, 11) is -3.74. The molecule has 8 heteroatoms. The predicted molar refractivity (Wildman–Crippen MR) is 125 cm³/mol. The van der Waals surface area contributed by atoms with Crippen LogP contribution in [0, 0.1) is 12.8 Å². The molecule has 2 aliphatic rings. The second-order valence-electron chi connectivity index (χ2n) is 8.26. The Hall–Kier alpha value is -3.00. The third-order valence-corrected chi connectivity index (χ3v) is 7.44. The van der Waals surface area contributed by atoms with Gasteiger partial charge in [0.25, 0.3) is 10.0 Å². The minimum atomic E-state index is -3.74. The maximum absolute atomic E-state index is 12.9. The molecule has 0 radical (unpaired) electrons. The summed E-state index contributed by atoms with van der Waals surface area (Å²) < 4.78 is 30.0. The van der Waals surface area contributed by atoms with Crippen molar-refractivity contribution in [2.75, 3.05) is 13.1 Å². The van der Waals surface area contributed by atoms with Crippen molar-refractivity contribution in [2.24, 2.45) is 10.3 Å². The van der Waals surface area contributed by atoms with Crippen LogP contribution in [-0.2, 0) is 21.4 Å². The summed E-state index contributed by atoms with van der Waals surface area (Å²) >= 11 is 0. The minimum Gasteiger partial charge on any atom is -0.356 e. The van der Waals surface area contributed by atoms with Gasteiger partial charge in [0.1, 0.15) is 10.7 Å². The highest BCUT2D eigenvalue weighted by molar-refractivity contribution is 8.00. The number of rotatable bonds is 5. The van der Waals surface area contributed by atoms with Crippen LogP contribution in [0.5, 0.6) is 0 Å². The molecular formula is C24H28N4O3S. The number of likely N-dealkylation sites (tertiary alicyclic amines) is 1. The zero-order valence-corrected chi connectivity index (χ0v) is 19.2. The van der Waals surface area contributed by atoms with Crippen LogP contribution in [0.2, 0.25) is 0 Å². The van der Waals surface area contributed by atoms with Gasteiger partial charge in [-0.05, 0) is 43.4 Å². The van der Waals surface area contributed by atoms with Crippen LogP contribution < -0.4 is 5.32 Å².